The summed E-state index contributed by atoms with van der Waals surface area (Å²) < 4.78 is 0. The predicted octanol–water partition coefficient (Wildman–Crippen LogP) is 3.08. The molecule has 24 heavy (non-hydrogen) atoms. The third kappa shape index (κ3) is 2.77. The van der Waals surface area contributed by atoms with Gasteiger partial charge in [-0.2, -0.15) is 10.2 Å². The fourth-order valence-electron chi connectivity index (χ4n) is 2.40. The highest BCUT2D eigenvalue weighted by molar-refractivity contribution is 6.33. The molecule has 4 rings (SSSR count). The molecule has 0 fully saturated rings. The smallest absolute Gasteiger partial charge is 0.243 e. The van der Waals surface area contributed by atoms with Gasteiger partial charge in [0.25, 0.3) is 0 Å². The standard InChI is InChI=1S/C16H12ClN7/c17-12-4-2-1-3-10(12)13-9-20-24-16(21-13)19-8-15-11-5-6-18-7-14(11)22-23-15/h1-7,9H,8H2,(H,22,23)(H,19,21,24). The second-order valence-corrected chi connectivity index (χ2v) is 5.50. The number of pyridine rings is 1. The Balaban J connectivity index is 1.57. The molecule has 0 radical (unpaired) electrons. The van der Waals surface area contributed by atoms with Crippen molar-refractivity contribution < 1.29 is 0 Å². The van der Waals surface area contributed by atoms with Crippen LogP contribution in [0.1, 0.15) is 5.69 Å². The molecule has 4 aromatic rings. The third-order valence-electron chi connectivity index (χ3n) is 3.57. The number of nitrogens with zero attached hydrogens (tertiary/aromatic N) is 5. The summed E-state index contributed by atoms with van der Waals surface area (Å²) in [5, 5.41) is 20.0. The van der Waals surface area contributed by atoms with Gasteiger partial charge in [-0.1, -0.05) is 29.8 Å². The Kier molecular flexibility index (Phi) is 3.76. The Labute approximate surface area is 142 Å². The van der Waals surface area contributed by atoms with Crippen molar-refractivity contribution in [1.29, 1.82) is 0 Å². The first-order valence-corrected chi connectivity index (χ1v) is 7.64. The van der Waals surface area contributed by atoms with Crippen molar-refractivity contribution in [2.75, 3.05) is 5.32 Å². The summed E-state index contributed by atoms with van der Waals surface area (Å²) >= 11 is 6.21. The van der Waals surface area contributed by atoms with Crippen LogP contribution in [0.25, 0.3) is 22.2 Å². The van der Waals surface area contributed by atoms with Crippen molar-refractivity contribution in [1.82, 2.24) is 30.4 Å². The summed E-state index contributed by atoms with van der Waals surface area (Å²) in [6.45, 7) is 0.470. The molecule has 0 saturated heterocycles. The van der Waals surface area contributed by atoms with Crippen LogP contribution in [-0.4, -0.2) is 30.4 Å². The molecule has 3 heterocycles. The topological polar surface area (TPSA) is 92.3 Å². The number of benzene rings is 1. The average Bonchev–Trinajstić information content (AvgIpc) is 3.04. The van der Waals surface area contributed by atoms with Gasteiger partial charge in [-0.05, 0) is 12.1 Å². The van der Waals surface area contributed by atoms with Crippen molar-refractivity contribution in [2.24, 2.45) is 0 Å². The van der Waals surface area contributed by atoms with E-state index < -0.39 is 0 Å². The van der Waals surface area contributed by atoms with Gasteiger partial charge in [0.1, 0.15) is 0 Å². The van der Waals surface area contributed by atoms with Gasteiger partial charge in [-0.3, -0.25) is 10.1 Å². The zero-order valence-electron chi connectivity index (χ0n) is 12.4. The number of hydrogen-bond acceptors (Lipinski definition) is 6. The second kappa shape index (κ2) is 6.21. The molecule has 0 saturated carbocycles. The van der Waals surface area contributed by atoms with Crippen LogP contribution in [0.3, 0.4) is 0 Å². The van der Waals surface area contributed by atoms with Gasteiger partial charge in [0.2, 0.25) is 5.95 Å². The van der Waals surface area contributed by atoms with Crippen LogP contribution in [-0.2, 0) is 6.54 Å². The Morgan fingerprint density at radius 2 is 2.04 bits per heavy atom. The molecule has 118 valence electrons. The van der Waals surface area contributed by atoms with Crippen LogP contribution in [0.5, 0.6) is 0 Å². The van der Waals surface area contributed by atoms with Gasteiger partial charge in [-0.15, -0.1) is 5.10 Å². The van der Waals surface area contributed by atoms with Crippen LogP contribution in [0.2, 0.25) is 5.02 Å². The zero-order chi connectivity index (χ0) is 16.4. The molecule has 0 spiro atoms. The molecule has 3 aromatic heterocycles. The van der Waals surface area contributed by atoms with Gasteiger partial charge < -0.3 is 5.32 Å². The maximum atomic E-state index is 6.21. The molecule has 7 nitrogen and oxygen atoms in total. The van der Waals surface area contributed by atoms with Crippen molar-refractivity contribution in [2.45, 2.75) is 6.54 Å². The van der Waals surface area contributed by atoms with E-state index >= 15 is 0 Å². The third-order valence-corrected chi connectivity index (χ3v) is 3.90. The Hall–Kier alpha value is -3.06. The number of rotatable bonds is 4. The monoisotopic (exact) mass is 337 g/mol. The highest BCUT2D eigenvalue weighted by Crippen LogP contribution is 2.25. The number of hydrogen-bond donors (Lipinski definition) is 2. The van der Waals surface area contributed by atoms with E-state index in [9.17, 15) is 0 Å². The number of halogens is 1. The summed E-state index contributed by atoms with van der Waals surface area (Å²) in [7, 11) is 0. The minimum atomic E-state index is 0.414. The Morgan fingerprint density at radius 1 is 1.12 bits per heavy atom. The molecule has 0 aliphatic rings. The summed E-state index contributed by atoms with van der Waals surface area (Å²) in [5.41, 5.74) is 3.22. The molecule has 2 N–H and O–H groups in total. The van der Waals surface area contributed by atoms with Gasteiger partial charge in [0.15, 0.2) is 0 Å². The number of aromatic amines is 1. The molecular formula is C16H12ClN7. The number of aromatic nitrogens is 6. The molecule has 0 amide bonds. The number of H-pyrrole nitrogens is 1. The number of fused-ring (bicyclic) bond motifs is 1. The van der Waals surface area contributed by atoms with Gasteiger partial charge in [0.05, 0.1) is 40.9 Å². The summed E-state index contributed by atoms with van der Waals surface area (Å²) in [6.07, 6.45) is 5.06. The van der Waals surface area contributed by atoms with E-state index in [1.165, 1.54) is 0 Å². The summed E-state index contributed by atoms with van der Waals surface area (Å²) in [4.78, 5) is 8.52. The van der Waals surface area contributed by atoms with Crippen LogP contribution in [0.4, 0.5) is 5.95 Å². The Bertz CT molecular complexity index is 998. The Morgan fingerprint density at radius 3 is 2.96 bits per heavy atom. The summed E-state index contributed by atoms with van der Waals surface area (Å²) in [5.74, 6) is 0.414. The van der Waals surface area contributed by atoms with Crippen LogP contribution < -0.4 is 5.32 Å². The van der Waals surface area contributed by atoms with Crippen molar-refractivity contribution in [3.63, 3.8) is 0 Å². The fourth-order valence-corrected chi connectivity index (χ4v) is 2.63. The van der Waals surface area contributed by atoms with E-state index in [-0.39, 0.29) is 0 Å². The maximum Gasteiger partial charge on any atom is 0.243 e. The lowest BCUT2D eigenvalue weighted by molar-refractivity contribution is 0.927. The van der Waals surface area contributed by atoms with E-state index in [2.05, 4.69) is 35.7 Å². The van der Waals surface area contributed by atoms with E-state index in [0.717, 1.165) is 22.2 Å². The van der Waals surface area contributed by atoms with Crippen LogP contribution >= 0.6 is 11.6 Å². The zero-order valence-corrected chi connectivity index (χ0v) is 13.2. The molecule has 0 aliphatic carbocycles. The molecule has 0 atom stereocenters. The first-order valence-electron chi connectivity index (χ1n) is 7.27. The van der Waals surface area contributed by atoms with Gasteiger partial charge in [0, 0.05) is 17.1 Å². The lowest BCUT2D eigenvalue weighted by Crippen LogP contribution is -2.06. The predicted molar refractivity (Wildman–Crippen MR) is 91.5 cm³/mol. The lowest BCUT2D eigenvalue weighted by Gasteiger charge is -2.06. The van der Waals surface area contributed by atoms with E-state index in [1.54, 1.807) is 18.6 Å². The van der Waals surface area contributed by atoms with Crippen molar-refractivity contribution >= 4 is 28.5 Å². The minimum absolute atomic E-state index is 0.414. The molecule has 8 heteroatoms. The quantitative estimate of drug-likeness (QED) is 0.594. The molecule has 0 aliphatic heterocycles. The molecule has 1 aromatic carbocycles. The van der Waals surface area contributed by atoms with Crippen LogP contribution in [0, 0.1) is 0 Å². The number of nitrogens with one attached hydrogen (secondary N) is 2. The molecule has 0 unspecified atom stereocenters. The van der Waals surface area contributed by atoms with Crippen LogP contribution in [0.15, 0.2) is 48.9 Å². The average molecular weight is 338 g/mol. The minimum Gasteiger partial charge on any atom is -0.347 e. The van der Waals surface area contributed by atoms with E-state index in [4.69, 9.17) is 11.6 Å². The van der Waals surface area contributed by atoms with Gasteiger partial charge in [-0.25, -0.2) is 4.98 Å². The largest absolute Gasteiger partial charge is 0.347 e. The van der Waals surface area contributed by atoms with E-state index in [0.29, 0.717) is 23.2 Å². The molecule has 0 bridgehead atoms. The highest BCUT2D eigenvalue weighted by atomic mass is 35.5. The van der Waals surface area contributed by atoms with Gasteiger partial charge >= 0.3 is 0 Å². The second-order valence-electron chi connectivity index (χ2n) is 5.09. The van der Waals surface area contributed by atoms with Crippen molar-refractivity contribution in [3.8, 4) is 11.3 Å². The normalized spacial score (nSPS) is 10.9. The SMILES string of the molecule is Clc1ccccc1-c1cnnc(NCc2n[nH]c3cnccc23)n1. The fraction of sp³-hybridized carbons (Fsp3) is 0.0625. The first-order chi connectivity index (χ1) is 11.8. The summed E-state index contributed by atoms with van der Waals surface area (Å²) in [6, 6.07) is 9.40. The highest BCUT2D eigenvalue weighted by Gasteiger charge is 2.09. The maximum absolute atomic E-state index is 6.21. The number of anilines is 1. The van der Waals surface area contributed by atoms with E-state index in [1.807, 2.05) is 30.3 Å². The first kappa shape index (κ1) is 14.5. The van der Waals surface area contributed by atoms with Crippen molar-refractivity contribution in [3.05, 3.63) is 59.6 Å². The lowest BCUT2D eigenvalue weighted by atomic mass is 10.2. The molecular weight excluding hydrogens is 326 g/mol.